The first-order valence-electron chi connectivity index (χ1n) is 9.79. The number of nitrogens with zero attached hydrogens (tertiary/aromatic N) is 2. The molecule has 0 aliphatic heterocycles. The van der Waals surface area contributed by atoms with Crippen molar-refractivity contribution in [2.24, 2.45) is 0 Å². The van der Waals surface area contributed by atoms with Crippen LogP contribution in [0.15, 0.2) is 77.4 Å². The molecule has 2 heterocycles. The number of fused-ring (bicyclic) bond motifs is 1. The number of amides is 1. The van der Waals surface area contributed by atoms with E-state index in [4.69, 9.17) is 9.15 Å². The monoisotopic (exact) mass is 415 g/mol. The van der Waals surface area contributed by atoms with Crippen LogP contribution in [0.25, 0.3) is 34.2 Å². The Morgan fingerprint density at radius 2 is 1.87 bits per heavy atom. The predicted molar refractivity (Wildman–Crippen MR) is 117 cm³/mol. The van der Waals surface area contributed by atoms with E-state index in [2.05, 4.69) is 10.4 Å². The predicted octanol–water partition coefficient (Wildman–Crippen LogP) is 3.98. The summed E-state index contributed by atoms with van der Waals surface area (Å²) in [6, 6.07) is 19.2. The minimum absolute atomic E-state index is 0.374. The maximum Gasteiger partial charge on any atom is 0.331 e. The zero-order chi connectivity index (χ0) is 21.8. The molecule has 4 rings (SSSR count). The lowest BCUT2D eigenvalue weighted by Gasteiger charge is -2.09. The van der Waals surface area contributed by atoms with Gasteiger partial charge in [0.15, 0.2) is 11.9 Å². The van der Waals surface area contributed by atoms with E-state index in [0.717, 1.165) is 16.7 Å². The van der Waals surface area contributed by atoms with Gasteiger partial charge in [0.1, 0.15) is 11.3 Å². The van der Waals surface area contributed by atoms with Gasteiger partial charge in [0.25, 0.3) is 5.91 Å². The first kappa shape index (κ1) is 20.2. The molecule has 1 unspecified atom stereocenters. The fraction of sp³-hybridized carbons (Fsp3) is 0.125. The molecule has 1 amide bonds. The zero-order valence-corrected chi connectivity index (χ0v) is 17.1. The van der Waals surface area contributed by atoms with Crippen molar-refractivity contribution in [1.29, 1.82) is 0 Å². The minimum atomic E-state index is -0.885. The maximum absolute atomic E-state index is 12.2. The van der Waals surface area contributed by atoms with Gasteiger partial charge >= 0.3 is 5.97 Å². The van der Waals surface area contributed by atoms with Crippen molar-refractivity contribution in [3.63, 3.8) is 0 Å². The molecule has 156 valence electrons. The Balaban J connectivity index is 1.69. The van der Waals surface area contributed by atoms with Crippen molar-refractivity contribution in [2.75, 3.05) is 7.05 Å². The van der Waals surface area contributed by atoms with Gasteiger partial charge in [-0.3, -0.25) is 4.79 Å². The Kier molecular flexibility index (Phi) is 5.66. The highest BCUT2D eigenvalue weighted by molar-refractivity contribution is 5.91. The van der Waals surface area contributed by atoms with Gasteiger partial charge in [0.05, 0.1) is 5.69 Å². The first-order valence-corrected chi connectivity index (χ1v) is 9.79. The normalized spacial score (nSPS) is 12.2. The molecule has 7 heteroatoms. The molecule has 7 nitrogen and oxygen atoms in total. The molecule has 2 aromatic carbocycles. The number of rotatable bonds is 6. The van der Waals surface area contributed by atoms with E-state index < -0.39 is 12.1 Å². The lowest BCUT2D eigenvalue weighted by Crippen LogP contribution is -2.32. The number of para-hydroxylation sites is 2. The lowest BCUT2D eigenvalue weighted by atomic mass is 10.2. The van der Waals surface area contributed by atoms with E-state index in [0.29, 0.717) is 17.0 Å². The van der Waals surface area contributed by atoms with Crippen LogP contribution in [-0.2, 0) is 14.3 Å². The third-order valence-electron chi connectivity index (χ3n) is 4.73. The molecule has 0 spiro atoms. The van der Waals surface area contributed by atoms with Gasteiger partial charge in [-0.25, -0.2) is 9.48 Å². The van der Waals surface area contributed by atoms with Gasteiger partial charge in [-0.15, -0.1) is 0 Å². The SMILES string of the molecule is CNC(=O)C(C)OC(=O)C=Cc1cn(-c2ccccc2)nc1-c1cc2ccccc2o1. The van der Waals surface area contributed by atoms with Crippen LogP contribution in [0.1, 0.15) is 12.5 Å². The minimum Gasteiger partial charge on any atom is -0.454 e. The molecule has 0 aliphatic carbocycles. The van der Waals surface area contributed by atoms with Crippen molar-refractivity contribution in [2.45, 2.75) is 13.0 Å². The summed E-state index contributed by atoms with van der Waals surface area (Å²) in [5.74, 6) is -0.414. The number of esters is 1. The second-order valence-corrected chi connectivity index (χ2v) is 6.89. The Hall–Kier alpha value is -4.13. The third kappa shape index (κ3) is 4.40. The molecular formula is C24H21N3O4. The van der Waals surface area contributed by atoms with Crippen LogP contribution in [0.4, 0.5) is 0 Å². The van der Waals surface area contributed by atoms with E-state index >= 15 is 0 Å². The van der Waals surface area contributed by atoms with E-state index in [1.807, 2.05) is 66.9 Å². The van der Waals surface area contributed by atoms with Crippen molar-refractivity contribution >= 4 is 28.9 Å². The average Bonchev–Trinajstić information content (AvgIpc) is 3.41. The number of carbonyl (C=O) groups is 2. The number of aromatic nitrogens is 2. The summed E-state index contributed by atoms with van der Waals surface area (Å²) in [5, 5.41) is 8.08. The Morgan fingerprint density at radius 3 is 2.61 bits per heavy atom. The first-order chi connectivity index (χ1) is 15.0. The number of likely N-dealkylation sites (N-methyl/N-ethyl adjacent to an activating group) is 1. The molecule has 0 radical (unpaired) electrons. The number of nitrogens with one attached hydrogen (secondary N) is 1. The standard InChI is InChI=1S/C24H21N3O4/c1-16(24(29)25-2)30-22(28)13-12-18-15-27(19-9-4-3-5-10-19)26-23(18)21-14-17-8-6-7-11-20(17)31-21/h3-16H,1-2H3,(H,25,29). The molecular weight excluding hydrogens is 394 g/mol. The summed E-state index contributed by atoms with van der Waals surface area (Å²) in [5.41, 5.74) is 2.88. The van der Waals surface area contributed by atoms with Gasteiger partial charge in [0, 0.05) is 30.3 Å². The zero-order valence-electron chi connectivity index (χ0n) is 17.1. The summed E-state index contributed by atoms with van der Waals surface area (Å²) in [6.45, 7) is 1.51. The summed E-state index contributed by atoms with van der Waals surface area (Å²) in [4.78, 5) is 23.7. The van der Waals surface area contributed by atoms with Crippen molar-refractivity contribution < 1.29 is 18.7 Å². The second-order valence-electron chi connectivity index (χ2n) is 6.89. The fourth-order valence-corrected chi connectivity index (χ4v) is 3.14. The van der Waals surface area contributed by atoms with Gasteiger partial charge in [-0.05, 0) is 37.3 Å². The van der Waals surface area contributed by atoms with Crippen LogP contribution < -0.4 is 5.32 Å². The molecule has 1 atom stereocenters. The number of carbonyl (C=O) groups excluding carboxylic acids is 2. The quantitative estimate of drug-likeness (QED) is 0.380. The number of hydrogen-bond acceptors (Lipinski definition) is 5. The van der Waals surface area contributed by atoms with Crippen LogP contribution in [0, 0.1) is 0 Å². The average molecular weight is 415 g/mol. The number of ether oxygens (including phenoxy) is 1. The summed E-state index contributed by atoms with van der Waals surface area (Å²) < 4.78 is 12.8. The van der Waals surface area contributed by atoms with E-state index in [1.165, 1.54) is 20.0 Å². The molecule has 31 heavy (non-hydrogen) atoms. The highest BCUT2D eigenvalue weighted by atomic mass is 16.5. The van der Waals surface area contributed by atoms with E-state index in [-0.39, 0.29) is 5.91 Å². The van der Waals surface area contributed by atoms with Gasteiger partial charge < -0.3 is 14.5 Å². The molecule has 0 saturated carbocycles. The van der Waals surface area contributed by atoms with Crippen LogP contribution in [0.5, 0.6) is 0 Å². The molecule has 4 aromatic rings. The molecule has 0 bridgehead atoms. The van der Waals surface area contributed by atoms with E-state index in [1.54, 1.807) is 10.8 Å². The molecule has 0 fully saturated rings. The topological polar surface area (TPSA) is 86.4 Å². The second kappa shape index (κ2) is 8.71. The molecule has 0 saturated heterocycles. The lowest BCUT2D eigenvalue weighted by molar-refractivity contribution is -0.149. The number of furan rings is 1. The van der Waals surface area contributed by atoms with Crippen molar-refractivity contribution in [3.8, 4) is 17.1 Å². The largest absolute Gasteiger partial charge is 0.454 e. The molecule has 2 aromatic heterocycles. The van der Waals surface area contributed by atoms with Crippen LogP contribution in [0.2, 0.25) is 0 Å². The van der Waals surface area contributed by atoms with Gasteiger partial charge in [-0.1, -0.05) is 36.4 Å². The Labute approximate surface area is 178 Å². The van der Waals surface area contributed by atoms with Crippen molar-refractivity contribution in [3.05, 3.63) is 78.5 Å². The van der Waals surface area contributed by atoms with Gasteiger partial charge in [-0.2, -0.15) is 5.10 Å². The third-order valence-corrected chi connectivity index (χ3v) is 4.73. The summed E-state index contributed by atoms with van der Waals surface area (Å²) in [6.07, 6.45) is 3.80. The smallest absolute Gasteiger partial charge is 0.331 e. The van der Waals surface area contributed by atoms with Crippen molar-refractivity contribution in [1.82, 2.24) is 15.1 Å². The Morgan fingerprint density at radius 1 is 1.13 bits per heavy atom. The van der Waals surface area contributed by atoms with Crippen LogP contribution in [0.3, 0.4) is 0 Å². The highest BCUT2D eigenvalue weighted by Crippen LogP contribution is 2.30. The van der Waals surface area contributed by atoms with Gasteiger partial charge in [0.2, 0.25) is 0 Å². The molecule has 1 N–H and O–H groups in total. The van der Waals surface area contributed by atoms with E-state index in [9.17, 15) is 9.59 Å². The molecule has 0 aliphatic rings. The van der Waals surface area contributed by atoms with Crippen LogP contribution >= 0.6 is 0 Å². The van der Waals surface area contributed by atoms with Crippen LogP contribution in [-0.4, -0.2) is 34.8 Å². The highest BCUT2D eigenvalue weighted by Gasteiger charge is 2.17. The summed E-state index contributed by atoms with van der Waals surface area (Å²) >= 11 is 0. The summed E-state index contributed by atoms with van der Waals surface area (Å²) in [7, 11) is 1.49. The maximum atomic E-state index is 12.2. The fourth-order valence-electron chi connectivity index (χ4n) is 3.14. The number of benzene rings is 2. The number of hydrogen-bond donors (Lipinski definition) is 1. The Bertz CT molecular complexity index is 1220.